The van der Waals surface area contributed by atoms with Crippen molar-refractivity contribution in [3.63, 3.8) is 0 Å². The zero-order chi connectivity index (χ0) is 10.7. The monoisotopic (exact) mass is 202 g/mol. The minimum Gasteiger partial charge on any atom is -0.481 e. The van der Waals surface area contributed by atoms with Crippen LogP contribution in [0.4, 0.5) is 14.5 Å². The average molecular weight is 202 g/mol. The molecule has 6 heteroatoms. The van der Waals surface area contributed by atoms with Crippen molar-refractivity contribution in [2.24, 2.45) is 0 Å². The molecule has 1 aromatic heterocycles. The summed E-state index contributed by atoms with van der Waals surface area (Å²) in [6.07, 6.45) is -2.21. The van der Waals surface area contributed by atoms with Gasteiger partial charge < -0.3 is 10.8 Å². The molecule has 1 heterocycles. The summed E-state index contributed by atoms with van der Waals surface area (Å²) < 4.78 is 24.6. The van der Waals surface area contributed by atoms with Gasteiger partial charge in [0.1, 0.15) is 5.69 Å². The maximum absolute atomic E-state index is 12.3. The van der Waals surface area contributed by atoms with Gasteiger partial charge in [-0.3, -0.25) is 9.78 Å². The van der Waals surface area contributed by atoms with E-state index < -0.39 is 24.5 Å². The van der Waals surface area contributed by atoms with Crippen LogP contribution >= 0.6 is 0 Å². The third-order valence-electron chi connectivity index (χ3n) is 1.57. The molecule has 0 aromatic carbocycles. The van der Waals surface area contributed by atoms with Crippen molar-refractivity contribution in [3.05, 3.63) is 23.5 Å². The number of carbonyl (C=O) groups is 1. The van der Waals surface area contributed by atoms with Gasteiger partial charge in [0, 0.05) is 0 Å². The molecule has 0 saturated carbocycles. The van der Waals surface area contributed by atoms with E-state index in [0.29, 0.717) is 0 Å². The Bertz CT molecular complexity index is 355. The smallest absolute Gasteiger partial charge is 0.307 e. The molecule has 1 aromatic rings. The first-order valence-corrected chi connectivity index (χ1v) is 3.75. The molecule has 0 aliphatic rings. The number of aliphatic carboxylic acids is 1. The van der Waals surface area contributed by atoms with Gasteiger partial charge in [-0.1, -0.05) is 0 Å². The lowest BCUT2D eigenvalue weighted by molar-refractivity contribution is -0.136. The molecule has 0 aliphatic heterocycles. The Morgan fingerprint density at radius 3 is 2.79 bits per heavy atom. The van der Waals surface area contributed by atoms with E-state index in [0.717, 1.165) is 6.20 Å². The number of aromatic nitrogens is 1. The van der Waals surface area contributed by atoms with E-state index in [1.54, 1.807) is 0 Å². The number of anilines is 1. The van der Waals surface area contributed by atoms with E-state index in [4.69, 9.17) is 10.8 Å². The summed E-state index contributed by atoms with van der Waals surface area (Å²) in [4.78, 5) is 13.7. The number of carboxylic acids is 1. The van der Waals surface area contributed by atoms with Crippen LogP contribution in [0.3, 0.4) is 0 Å². The Morgan fingerprint density at radius 2 is 2.29 bits per heavy atom. The molecule has 0 saturated heterocycles. The number of nitrogen functional groups attached to an aromatic ring is 1. The Kier molecular flexibility index (Phi) is 2.95. The van der Waals surface area contributed by atoms with E-state index >= 15 is 0 Å². The predicted molar refractivity (Wildman–Crippen MR) is 44.9 cm³/mol. The Labute approximate surface area is 78.4 Å². The predicted octanol–water partition coefficient (Wildman–Crippen LogP) is 1.23. The van der Waals surface area contributed by atoms with Crippen LogP contribution in [0.15, 0.2) is 12.3 Å². The van der Waals surface area contributed by atoms with Crippen LogP contribution in [-0.2, 0) is 11.2 Å². The van der Waals surface area contributed by atoms with E-state index in [-0.39, 0.29) is 11.3 Å². The summed E-state index contributed by atoms with van der Waals surface area (Å²) in [5.74, 6) is -1.20. The second-order valence-corrected chi connectivity index (χ2v) is 2.68. The number of pyridine rings is 1. The van der Waals surface area contributed by atoms with Crippen molar-refractivity contribution in [3.8, 4) is 0 Å². The molecule has 0 fully saturated rings. The average Bonchev–Trinajstić information content (AvgIpc) is 2.01. The molecule has 1 rings (SSSR count). The molecule has 0 unspecified atom stereocenters. The number of nitrogens with zero attached hydrogens (tertiary/aromatic N) is 1. The van der Waals surface area contributed by atoms with Gasteiger partial charge in [0.25, 0.3) is 6.43 Å². The van der Waals surface area contributed by atoms with Crippen molar-refractivity contribution in [1.29, 1.82) is 0 Å². The van der Waals surface area contributed by atoms with E-state index in [1.807, 2.05) is 0 Å². The largest absolute Gasteiger partial charge is 0.481 e. The van der Waals surface area contributed by atoms with Gasteiger partial charge in [-0.05, 0) is 11.6 Å². The molecular weight excluding hydrogens is 194 g/mol. The fourth-order valence-corrected chi connectivity index (χ4v) is 1.04. The van der Waals surface area contributed by atoms with Crippen LogP contribution < -0.4 is 5.73 Å². The number of rotatable bonds is 3. The summed E-state index contributed by atoms with van der Waals surface area (Å²) in [6.45, 7) is 0. The molecule has 0 spiro atoms. The van der Waals surface area contributed by atoms with E-state index in [1.165, 1.54) is 6.07 Å². The van der Waals surface area contributed by atoms with Crippen LogP contribution in [0.2, 0.25) is 0 Å². The summed E-state index contributed by atoms with van der Waals surface area (Å²) in [6, 6.07) is 1.20. The number of carboxylic acid groups (broad SMARTS) is 1. The van der Waals surface area contributed by atoms with Gasteiger partial charge in [0.2, 0.25) is 0 Å². The first-order chi connectivity index (χ1) is 6.50. The molecule has 0 radical (unpaired) electrons. The second-order valence-electron chi connectivity index (χ2n) is 2.68. The van der Waals surface area contributed by atoms with Crippen molar-refractivity contribution < 1.29 is 18.7 Å². The fraction of sp³-hybridized carbons (Fsp3) is 0.250. The molecule has 76 valence electrons. The fourth-order valence-electron chi connectivity index (χ4n) is 1.04. The normalized spacial score (nSPS) is 10.5. The van der Waals surface area contributed by atoms with Gasteiger partial charge in [-0.2, -0.15) is 0 Å². The third kappa shape index (κ3) is 2.38. The quantitative estimate of drug-likeness (QED) is 0.772. The number of halogens is 2. The Balaban J connectivity index is 3.09. The highest BCUT2D eigenvalue weighted by Gasteiger charge is 2.16. The minimum absolute atomic E-state index is 0.0486. The van der Waals surface area contributed by atoms with Gasteiger partial charge in [-0.15, -0.1) is 0 Å². The Morgan fingerprint density at radius 1 is 1.64 bits per heavy atom. The molecule has 0 aliphatic carbocycles. The maximum atomic E-state index is 12.3. The highest BCUT2D eigenvalue weighted by Crippen LogP contribution is 2.22. The SMILES string of the molecule is Nc1cnc(C(F)F)c(CC(=O)O)c1. The summed E-state index contributed by atoms with van der Waals surface area (Å²) >= 11 is 0. The number of hydrogen-bond donors (Lipinski definition) is 2. The number of hydrogen-bond acceptors (Lipinski definition) is 3. The van der Waals surface area contributed by atoms with Crippen LogP contribution in [0.1, 0.15) is 17.7 Å². The molecular formula is C8H8F2N2O2. The first kappa shape index (κ1) is 10.4. The van der Waals surface area contributed by atoms with E-state index in [2.05, 4.69) is 4.98 Å². The van der Waals surface area contributed by atoms with Crippen molar-refractivity contribution >= 4 is 11.7 Å². The molecule has 0 amide bonds. The molecule has 4 nitrogen and oxygen atoms in total. The maximum Gasteiger partial charge on any atom is 0.307 e. The van der Waals surface area contributed by atoms with Gasteiger partial charge in [-0.25, -0.2) is 8.78 Å². The lowest BCUT2D eigenvalue weighted by Gasteiger charge is -2.06. The van der Waals surface area contributed by atoms with Crippen molar-refractivity contribution in [2.45, 2.75) is 12.8 Å². The number of nitrogens with two attached hydrogens (primary N) is 1. The summed E-state index contributed by atoms with van der Waals surface area (Å²) in [5.41, 5.74) is 4.90. The van der Waals surface area contributed by atoms with Gasteiger partial charge in [0.15, 0.2) is 0 Å². The van der Waals surface area contributed by atoms with Gasteiger partial charge >= 0.3 is 5.97 Å². The van der Waals surface area contributed by atoms with Crippen LogP contribution in [0.25, 0.3) is 0 Å². The minimum atomic E-state index is -2.79. The van der Waals surface area contributed by atoms with Crippen LogP contribution in [0.5, 0.6) is 0 Å². The van der Waals surface area contributed by atoms with E-state index in [9.17, 15) is 13.6 Å². The topological polar surface area (TPSA) is 76.2 Å². The zero-order valence-corrected chi connectivity index (χ0v) is 7.08. The summed E-state index contributed by atoms with van der Waals surface area (Å²) in [5, 5.41) is 8.45. The van der Waals surface area contributed by atoms with Crippen molar-refractivity contribution in [1.82, 2.24) is 4.98 Å². The molecule has 14 heavy (non-hydrogen) atoms. The van der Waals surface area contributed by atoms with Crippen LogP contribution in [-0.4, -0.2) is 16.1 Å². The number of alkyl halides is 2. The molecule has 3 N–H and O–H groups in total. The standard InChI is InChI=1S/C8H8F2N2O2/c9-8(10)7-4(2-6(13)14)1-5(11)3-12-7/h1,3,8H,2,11H2,(H,13,14). The second kappa shape index (κ2) is 3.99. The van der Waals surface area contributed by atoms with Crippen LogP contribution in [0, 0.1) is 0 Å². The Hall–Kier alpha value is -1.72. The summed E-state index contributed by atoms with van der Waals surface area (Å²) in [7, 11) is 0. The lowest BCUT2D eigenvalue weighted by atomic mass is 10.1. The third-order valence-corrected chi connectivity index (χ3v) is 1.57. The van der Waals surface area contributed by atoms with Gasteiger partial charge in [0.05, 0.1) is 18.3 Å². The highest BCUT2D eigenvalue weighted by atomic mass is 19.3. The molecule has 0 atom stereocenters. The zero-order valence-electron chi connectivity index (χ0n) is 7.08. The lowest BCUT2D eigenvalue weighted by Crippen LogP contribution is -2.06. The van der Waals surface area contributed by atoms with Crippen molar-refractivity contribution in [2.75, 3.05) is 5.73 Å². The highest BCUT2D eigenvalue weighted by molar-refractivity contribution is 5.71. The molecule has 0 bridgehead atoms. The first-order valence-electron chi connectivity index (χ1n) is 3.75.